The maximum absolute atomic E-state index is 13.8. The highest BCUT2D eigenvalue weighted by Crippen LogP contribution is 2.42. The highest BCUT2D eigenvalue weighted by atomic mass is 32.1. The summed E-state index contributed by atoms with van der Waals surface area (Å²) >= 11 is 1.11. The Kier molecular flexibility index (Phi) is 8.11. The Hall–Kier alpha value is -4.16. The molecule has 5 rings (SSSR count). The summed E-state index contributed by atoms with van der Waals surface area (Å²) in [5.74, 6) is -0.927. The van der Waals surface area contributed by atoms with Crippen molar-refractivity contribution < 1.29 is 22.7 Å². The number of thiophene rings is 1. The molecule has 4 aromatic heterocycles. The Morgan fingerprint density at radius 2 is 1.88 bits per heavy atom. The molecule has 42 heavy (non-hydrogen) atoms. The number of hydrogen-bond acceptors (Lipinski definition) is 6. The number of halogens is 3. The van der Waals surface area contributed by atoms with E-state index in [2.05, 4.69) is 15.0 Å². The third-order valence-electron chi connectivity index (χ3n) is 6.86. The predicted octanol–water partition coefficient (Wildman–Crippen LogP) is 6.38. The highest BCUT2D eigenvalue weighted by molar-refractivity contribution is 7.17. The van der Waals surface area contributed by atoms with Gasteiger partial charge >= 0.3 is 6.18 Å². The molecule has 0 saturated carbocycles. The smallest absolute Gasteiger partial charge is 0.416 e. The van der Waals surface area contributed by atoms with Crippen molar-refractivity contribution in [3.63, 3.8) is 0 Å². The summed E-state index contributed by atoms with van der Waals surface area (Å²) in [5.41, 5.74) is 8.19. The van der Waals surface area contributed by atoms with Gasteiger partial charge in [0.2, 0.25) is 0 Å². The van der Waals surface area contributed by atoms with E-state index in [0.29, 0.717) is 16.2 Å². The molecule has 0 aliphatic heterocycles. The fourth-order valence-corrected chi connectivity index (χ4v) is 5.69. The van der Waals surface area contributed by atoms with Crippen molar-refractivity contribution in [3.8, 4) is 27.4 Å². The van der Waals surface area contributed by atoms with Crippen LogP contribution in [-0.2, 0) is 12.7 Å². The maximum atomic E-state index is 13.8. The van der Waals surface area contributed by atoms with Gasteiger partial charge in [-0.2, -0.15) is 18.3 Å². The molecular weight excluding hydrogens is 565 g/mol. The minimum atomic E-state index is -4.56. The van der Waals surface area contributed by atoms with Gasteiger partial charge in [-0.1, -0.05) is 32.0 Å². The van der Waals surface area contributed by atoms with Crippen LogP contribution in [0.15, 0.2) is 67.3 Å². The molecule has 0 fully saturated rings. The van der Waals surface area contributed by atoms with Gasteiger partial charge in [-0.05, 0) is 43.8 Å². The Bertz CT molecular complexity index is 1720. The molecular formula is C30H31F3N6O2S. The first-order valence-corrected chi connectivity index (χ1v) is 14.2. The van der Waals surface area contributed by atoms with Gasteiger partial charge in [0.15, 0.2) is 0 Å². The summed E-state index contributed by atoms with van der Waals surface area (Å²) in [7, 11) is 4.03. The molecule has 1 amide bonds. The lowest BCUT2D eigenvalue weighted by Crippen LogP contribution is -2.20. The van der Waals surface area contributed by atoms with Crippen molar-refractivity contribution in [2.75, 3.05) is 20.6 Å². The highest BCUT2D eigenvalue weighted by Gasteiger charge is 2.37. The van der Waals surface area contributed by atoms with Crippen LogP contribution in [0.5, 0.6) is 5.75 Å². The molecule has 8 nitrogen and oxygen atoms in total. The van der Waals surface area contributed by atoms with Crippen molar-refractivity contribution in [1.29, 1.82) is 0 Å². The third kappa shape index (κ3) is 6.04. The van der Waals surface area contributed by atoms with E-state index in [1.807, 2.05) is 53.9 Å². The lowest BCUT2D eigenvalue weighted by molar-refractivity contribution is -0.139. The average molecular weight is 597 g/mol. The van der Waals surface area contributed by atoms with Crippen LogP contribution in [0.1, 0.15) is 40.8 Å². The SMILES string of the molecule is CC(C)[C@H](Oc1cc(-c2cnc3cc(-c4cnn(CCN(C)C)c4)ccn23)sc1C(N)=O)c1ccccc1C(F)(F)F. The van der Waals surface area contributed by atoms with Crippen LogP contribution in [0.4, 0.5) is 13.2 Å². The lowest BCUT2D eigenvalue weighted by Gasteiger charge is -2.26. The molecule has 12 heteroatoms. The van der Waals surface area contributed by atoms with E-state index in [-0.39, 0.29) is 22.1 Å². The molecule has 0 unspecified atom stereocenters. The van der Waals surface area contributed by atoms with E-state index >= 15 is 0 Å². The standard InChI is InChI=1S/C30H31F3N6O2S/c1-18(2)27(21-7-5-6-8-22(21)30(31,32)33)41-24-14-25(42-28(24)29(34)40)23-16-35-26-13-19(9-10-39(23)26)20-15-36-38(17-20)12-11-37(3)4/h5-10,13-18,27H,11-12H2,1-4H3,(H2,34,40)/t27-/m0/s1. The van der Waals surface area contributed by atoms with Crippen LogP contribution in [0.3, 0.4) is 0 Å². The number of primary amides is 1. The summed E-state index contributed by atoms with van der Waals surface area (Å²) in [4.78, 5) is 19.8. The van der Waals surface area contributed by atoms with E-state index in [4.69, 9.17) is 10.5 Å². The number of hydrogen-bond donors (Lipinski definition) is 1. The Labute approximate surface area is 245 Å². The van der Waals surface area contributed by atoms with Crippen LogP contribution < -0.4 is 10.5 Å². The second-order valence-corrected chi connectivity index (χ2v) is 11.7. The number of nitrogens with zero attached hydrogens (tertiary/aromatic N) is 5. The fraction of sp³-hybridized carbons (Fsp3) is 0.300. The van der Waals surface area contributed by atoms with Crippen molar-refractivity contribution in [1.82, 2.24) is 24.1 Å². The monoisotopic (exact) mass is 596 g/mol. The van der Waals surface area contributed by atoms with Gasteiger partial charge in [0.1, 0.15) is 22.4 Å². The number of carbonyl (C=O) groups excluding carboxylic acids is 1. The number of fused-ring (bicyclic) bond motifs is 1. The number of ether oxygens (including phenoxy) is 1. The van der Waals surface area contributed by atoms with Crippen molar-refractivity contribution in [2.24, 2.45) is 11.7 Å². The zero-order valence-electron chi connectivity index (χ0n) is 23.6. The van der Waals surface area contributed by atoms with E-state index in [9.17, 15) is 18.0 Å². The van der Waals surface area contributed by atoms with Gasteiger partial charge in [-0.3, -0.25) is 13.9 Å². The Morgan fingerprint density at radius 1 is 1.12 bits per heavy atom. The summed E-state index contributed by atoms with van der Waals surface area (Å²) in [6.45, 7) is 5.18. The first-order valence-electron chi connectivity index (χ1n) is 13.3. The molecule has 1 aromatic carbocycles. The van der Waals surface area contributed by atoms with Crippen LogP contribution in [0, 0.1) is 5.92 Å². The Morgan fingerprint density at radius 3 is 2.57 bits per heavy atom. The molecule has 5 aromatic rings. The number of nitrogens with two attached hydrogens (primary N) is 1. The summed E-state index contributed by atoms with van der Waals surface area (Å²) in [6.07, 6.45) is 1.84. The first-order chi connectivity index (χ1) is 19.9. The second-order valence-electron chi connectivity index (χ2n) is 10.6. The number of pyridine rings is 1. The number of imidazole rings is 1. The first kappa shape index (κ1) is 29.3. The zero-order valence-corrected chi connectivity index (χ0v) is 24.4. The molecule has 220 valence electrons. The molecule has 1 atom stereocenters. The van der Waals surface area contributed by atoms with Crippen molar-refractivity contribution >= 4 is 22.9 Å². The molecule has 2 N–H and O–H groups in total. The molecule has 0 bridgehead atoms. The third-order valence-corrected chi connectivity index (χ3v) is 8.02. The van der Waals surface area contributed by atoms with Crippen LogP contribution in [0.2, 0.25) is 0 Å². The largest absolute Gasteiger partial charge is 0.484 e. The van der Waals surface area contributed by atoms with E-state index in [1.54, 1.807) is 32.2 Å². The van der Waals surface area contributed by atoms with Crippen LogP contribution in [-0.4, -0.2) is 50.6 Å². The minimum absolute atomic E-state index is 0.00413. The summed E-state index contributed by atoms with van der Waals surface area (Å²) in [6, 6.07) is 10.9. The van der Waals surface area contributed by atoms with E-state index in [0.717, 1.165) is 41.6 Å². The Balaban J connectivity index is 1.47. The fourth-order valence-electron chi connectivity index (χ4n) is 4.74. The summed E-state index contributed by atoms with van der Waals surface area (Å²) < 4.78 is 51.4. The molecule has 4 heterocycles. The molecule has 0 radical (unpaired) electrons. The van der Waals surface area contributed by atoms with Gasteiger partial charge in [-0.15, -0.1) is 11.3 Å². The number of aromatic nitrogens is 4. The molecule has 0 saturated heterocycles. The lowest BCUT2D eigenvalue weighted by atomic mass is 9.94. The topological polar surface area (TPSA) is 90.7 Å². The van der Waals surface area contributed by atoms with Gasteiger partial charge in [-0.25, -0.2) is 4.98 Å². The predicted molar refractivity (Wildman–Crippen MR) is 156 cm³/mol. The molecule has 0 aliphatic carbocycles. The number of carbonyl (C=O) groups is 1. The average Bonchev–Trinajstić information content (AvgIpc) is 3.67. The normalized spacial score (nSPS) is 12.9. The number of rotatable bonds is 10. The number of alkyl halides is 3. The van der Waals surface area contributed by atoms with E-state index in [1.165, 1.54) is 12.1 Å². The van der Waals surface area contributed by atoms with Crippen LogP contribution in [0.25, 0.3) is 27.3 Å². The van der Waals surface area contributed by atoms with Gasteiger partial charge in [0.25, 0.3) is 5.91 Å². The van der Waals surface area contributed by atoms with Gasteiger partial charge < -0.3 is 15.4 Å². The van der Waals surface area contributed by atoms with E-state index < -0.39 is 23.8 Å². The van der Waals surface area contributed by atoms with Gasteiger partial charge in [0, 0.05) is 36.1 Å². The van der Waals surface area contributed by atoms with Crippen molar-refractivity contribution in [3.05, 3.63) is 83.3 Å². The maximum Gasteiger partial charge on any atom is 0.416 e. The van der Waals surface area contributed by atoms with Crippen LogP contribution >= 0.6 is 11.3 Å². The second kappa shape index (κ2) is 11.6. The number of likely N-dealkylation sites (N-methyl/N-ethyl adjacent to an activating group) is 1. The molecule has 0 aliphatic rings. The quantitative estimate of drug-likeness (QED) is 0.202. The van der Waals surface area contributed by atoms with Gasteiger partial charge in [0.05, 0.1) is 35.1 Å². The number of benzene rings is 1. The number of amides is 1. The molecule has 0 spiro atoms. The summed E-state index contributed by atoms with van der Waals surface area (Å²) in [5, 5.41) is 4.45. The minimum Gasteiger partial charge on any atom is -0.484 e. The zero-order chi connectivity index (χ0) is 30.2. The van der Waals surface area contributed by atoms with Crippen molar-refractivity contribution in [2.45, 2.75) is 32.7 Å².